The van der Waals surface area contributed by atoms with Crippen molar-refractivity contribution in [2.75, 3.05) is 7.11 Å². The largest absolute Gasteiger partial charge is 0.486 e. The Kier molecular flexibility index (Phi) is 4.96. The lowest BCUT2D eigenvalue weighted by molar-refractivity contribution is -0.140. The third-order valence-corrected chi connectivity index (χ3v) is 4.36. The number of aryl methyl sites for hydroxylation is 2. The van der Waals surface area contributed by atoms with E-state index in [1.807, 2.05) is 24.3 Å². The van der Waals surface area contributed by atoms with Crippen molar-refractivity contribution in [3.63, 3.8) is 0 Å². The Labute approximate surface area is 137 Å². The number of hydrogen-bond donors (Lipinski definition) is 0. The van der Waals surface area contributed by atoms with E-state index in [2.05, 4.69) is 29.0 Å². The molecule has 0 amide bonds. The molecule has 23 heavy (non-hydrogen) atoms. The molecule has 1 aliphatic rings. The molecule has 3 nitrogen and oxygen atoms in total. The Hall–Kier alpha value is -2.29. The standard InChI is InChI=1S/C20H22O3/c1-22-20(21)14-11-15-9-12-17(13-10-15)23-19-8-4-6-16-5-2-3-7-18(16)19/h2-3,5,7,9-10,12-13,19H,4,6,8,11,14H2,1H3. The van der Waals surface area contributed by atoms with Crippen LogP contribution in [0, 0.1) is 0 Å². The number of rotatable bonds is 5. The Morgan fingerprint density at radius 3 is 2.70 bits per heavy atom. The third kappa shape index (κ3) is 3.92. The minimum absolute atomic E-state index is 0.140. The van der Waals surface area contributed by atoms with Gasteiger partial charge in [-0.05, 0) is 54.5 Å². The van der Waals surface area contributed by atoms with Crippen molar-refractivity contribution < 1.29 is 14.3 Å². The second-order valence-electron chi connectivity index (χ2n) is 5.92. The number of carbonyl (C=O) groups is 1. The highest BCUT2D eigenvalue weighted by Gasteiger charge is 2.21. The number of ether oxygens (including phenoxy) is 2. The van der Waals surface area contributed by atoms with Crippen LogP contribution in [0.15, 0.2) is 48.5 Å². The average molecular weight is 310 g/mol. The maximum Gasteiger partial charge on any atom is 0.305 e. The van der Waals surface area contributed by atoms with Gasteiger partial charge in [0.25, 0.3) is 0 Å². The molecule has 120 valence electrons. The molecular weight excluding hydrogens is 288 g/mol. The van der Waals surface area contributed by atoms with Crippen LogP contribution in [0.2, 0.25) is 0 Å². The van der Waals surface area contributed by atoms with Gasteiger partial charge < -0.3 is 9.47 Å². The normalized spacial score (nSPS) is 16.5. The summed E-state index contributed by atoms with van der Waals surface area (Å²) in [5.74, 6) is 0.706. The molecule has 0 aliphatic heterocycles. The van der Waals surface area contributed by atoms with Gasteiger partial charge in [0.15, 0.2) is 0 Å². The van der Waals surface area contributed by atoms with Crippen LogP contribution < -0.4 is 4.74 Å². The van der Waals surface area contributed by atoms with Gasteiger partial charge in [0, 0.05) is 6.42 Å². The highest BCUT2D eigenvalue weighted by atomic mass is 16.5. The summed E-state index contributed by atoms with van der Waals surface area (Å²) in [5.41, 5.74) is 3.83. The molecule has 3 heteroatoms. The fraction of sp³-hybridized carbons (Fsp3) is 0.350. The van der Waals surface area contributed by atoms with Crippen molar-refractivity contribution in [1.29, 1.82) is 0 Å². The first-order chi connectivity index (χ1) is 11.3. The molecule has 0 fully saturated rings. The number of methoxy groups -OCH3 is 1. The van der Waals surface area contributed by atoms with Crippen molar-refractivity contribution in [3.05, 3.63) is 65.2 Å². The first kappa shape index (κ1) is 15.6. The van der Waals surface area contributed by atoms with Crippen molar-refractivity contribution in [2.24, 2.45) is 0 Å². The quantitative estimate of drug-likeness (QED) is 0.775. The second kappa shape index (κ2) is 7.32. The van der Waals surface area contributed by atoms with Crippen molar-refractivity contribution >= 4 is 5.97 Å². The molecule has 1 unspecified atom stereocenters. The van der Waals surface area contributed by atoms with Gasteiger partial charge >= 0.3 is 5.97 Å². The van der Waals surface area contributed by atoms with E-state index in [0.29, 0.717) is 12.8 Å². The zero-order valence-corrected chi connectivity index (χ0v) is 13.5. The molecule has 0 spiro atoms. The summed E-state index contributed by atoms with van der Waals surface area (Å²) < 4.78 is 10.9. The van der Waals surface area contributed by atoms with Crippen LogP contribution in [-0.2, 0) is 22.4 Å². The topological polar surface area (TPSA) is 35.5 Å². The predicted octanol–water partition coefficient (Wildman–Crippen LogP) is 4.25. The summed E-state index contributed by atoms with van der Waals surface area (Å²) in [6.07, 6.45) is 4.61. The van der Waals surface area contributed by atoms with Crippen LogP contribution in [0.3, 0.4) is 0 Å². The maximum atomic E-state index is 11.2. The number of benzene rings is 2. The van der Waals surface area contributed by atoms with Gasteiger partial charge in [0.2, 0.25) is 0 Å². The van der Waals surface area contributed by atoms with Crippen molar-refractivity contribution in [2.45, 2.75) is 38.2 Å². The molecular formula is C20H22O3. The monoisotopic (exact) mass is 310 g/mol. The lowest BCUT2D eigenvalue weighted by atomic mass is 9.89. The summed E-state index contributed by atoms with van der Waals surface area (Å²) in [7, 11) is 1.42. The van der Waals surface area contributed by atoms with E-state index in [4.69, 9.17) is 4.74 Å². The molecule has 0 radical (unpaired) electrons. The van der Waals surface area contributed by atoms with Crippen molar-refractivity contribution in [3.8, 4) is 5.75 Å². The Bertz CT molecular complexity index is 661. The summed E-state index contributed by atoms with van der Waals surface area (Å²) in [4.78, 5) is 11.2. The predicted molar refractivity (Wildman–Crippen MR) is 89.5 cm³/mol. The van der Waals surface area contributed by atoms with Crippen LogP contribution in [0.4, 0.5) is 0 Å². The van der Waals surface area contributed by atoms with Crippen LogP contribution in [0.25, 0.3) is 0 Å². The molecule has 0 heterocycles. The van der Waals surface area contributed by atoms with Gasteiger partial charge in [-0.3, -0.25) is 4.79 Å². The SMILES string of the molecule is COC(=O)CCc1ccc(OC2CCCc3ccccc32)cc1. The zero-order valence-electron chi connectivity index (χ0n) is 13.5. The van der Waals surface area contributed by atoms with Crippen LogP contribution in [0.1, 0.15) is 42.1 Å². The fourth-order valence-corrected chi connectivity index (χ4v) is 3.08. The highest BCUT2D eigenvalue weighted by molar-refractivity contribution is 5.69. The Morgan fingerprint density at radius 1 is 1.13 bits per heavy atom. The number of fused-ring (bicyclic) bond motifs is 1. The van der Waals surface area contributed by atoms with Gasteiger partial charge in [-0.25, -0.2) is 0 Å². The molecule has 1 aliphatic carbocycles. The van der Waals surface area contributed by atoms with Gasteiger partial charge in [0.1, 0.15) is 11.9 Å². The Balaban J connectivity index is 1.64. The first-order valence-electron chi connectivity index (χ1n) is 8.16. The summed E-state index contributed by atoms with van der Waals surface area (Å²) in [5, 5.41) is 0. The maximum absolute atomic E-state index is 11.2. The van der Waals surface area contributed by atoms with Gasteiger partial charge in [-0.1, -0.05) is 36.4 Å². The van der Waals surface area contributed by atoms with E-state index >= 15 is 0 Å². The minimum Gasteiger partial charge on any atom is -0.486 e. The van der Waals surface area contributed by atoms with E-state index in [-0.39, 0.29) is 12.1 Å². The molecule has 0 saturated carbocycles. The van der Waals surface area contributed by atoms with Gasteiger partial charge in [-0.2, -0.15) is 0 Å². The van der Waals surface area contributed by atoms with E-state index in [1.165, 1.54) is 24.7 Å². The summed E-state index contributed by atoms with van der Waals surface area (Å²) >= 11 is 0. The van der Waals surface area contributed by atoms with Crippen molar-refractivity contribution in [1.82, 2.24) is 0 Å². The highest BCUT2D eigenvalue weighted by Crippen LogP contribution is 2.33. The number of hydrogen-bond acceptors (Lipinski definition) is 3. The fourth-order valence-electron chi connectivity index (χ4n) is 3.08. The summed E-state index contributed by atoms with van der Waals surface area (Å²) in [6, 6.07) is 16.6. The van der Waals surface area contributed by atoms with Gasteiger partial charge in [-0.15, -0.1) is 0 Å². The minimum atomic E-state index is -0.177. The molecule has 1 atom stereocenters. The molecule has 3 rings (SSSR count). The third-order valence-electron chi connectivity index (χ3n) is 4.36. The molecule has 2 aromatic rings. The Morgan fingerprint density at radius 2 is 1.91 bits per heavy atom. The molecule has 2 aromatic carbocycles. The molecule has 0 saturated heterocycles. The second-order valence-corrected chi connectivity index (χ2v) is 5.92. The average Bonchev–Trinajstić information content (AvgIpc) is 2.61. The van der Waals surface area contributed by atoms with Crippen LogP contribution in [0.5, 0.6) is 5.75 Å². The van der Waals surface area contributed by atoms with Gasteiger partial charge in [0.05, 0.1) is 7.11 Å². The molecule has 0 bridgehead atoms. The summed E-state index contributed by atoms with van der Waals surface area (Å²) in [6.45, 7) is 0. The smallest absolute Gasteiger partial charge is 0.305 e. The van der Waals surface area contributed by atoms with Crippen LogP contribution in [-0.4, -0.2) is 13.1 Å². The van der Waals surface area contributed by atoms with Crippen LogP contribution >= 0.6 is 0 Å². The molecule has 0 N–H and O–H groups in total. The first-order valence-corrected chi connectivity index (χ1v) is 8.16. The number of carbonyl (C=O) groups excluding carboxylic acids is 1. The lowest BCUT2D eigenvalue weighted by Gasteiger charge is -2.26. The number of esters is 1. The van der Waals surface area contributed by atoms with E-state index in [0.717, 1.165) is 24.2 Å². The zero-order chi connectivity index (χ0) is 16.1. The lowest BCUT2D eigenvalue weighted by Crippen LogP contribution is -2.15. The van der Waals surface area contributed by atoms with E-state index in [1.54, 1.807) is 0 Å². The van der Waals surface area contributed by atoms with E-state index in [9.17, 15) is 4.79 Å². The molecule has 0 aromatic heterocycles. The van der Waals surface area contributed by atoms with E-state index < -0.39 is 0 Å².